The van der Waals surface area contributed by atoms with Crippen molar-refractivity contribution < 1.29 is 4.79 Å². The molecule has 2 rings (SSSR count). The summed E-state index contributed by atoms with van der Waals surface area (Å²) in [5, 5.41) is 7.76. The van der Waals surface area contributed by atoms with Gasteiger partial charge in [0.1, 0.15) is 6.04 Å². The van der Waals surface area contributed by atoms with E-state index in [1.54, 1.807) is 25.3 Å². The van der Waals surface area contributed by atoms with Crippen LogP contribution in [0.2, 0.25) is 5.02 Å². The largest absolute Gasteiger partial charge is 0.374 e. The molecule has 0 spiro atoms. The predicted octanol–water partition coefficient (Wildman–Crippen LogP) is 4.41. The number of benzene rings is 2. The van der Waals surface area contributed by atoms with Crippen LogP contribution < -0.4 is 10.7 Å². The summed E-state index contributed by atoms with van der Waals surface area (Å²) in [4.78, 5) is 12.0. The van der Waals surface area contributed by atoms with E-state index in [9.17, 15) is 4.79 Å². The van der Waals surface area contributed by atoms with Crippen LogP contribution in [0.15, 0.2) is 53.6 Å². The number of hydrazone groups is 1. The molecule has 1 atom stereocenters. The molecule has 4 nitrogen and oxygen atoms in total. The van der Waals surface area contributed by atoms with Crippen molar-refractivity contribution in [3.63, 3.8) is 0 Å². The van der Waals surface area contributed by atoms with E-state index in [1.165, 1.54) is 5.56 Å². The van der Waals surface area contributed by atoms with Crippen molar-refractivity contribution in [3.8, 4) is 0 Å². The fourth-order valence-corrected chi connectivity index (χ4v) is 2.22. The van der Waals surface area contributed by atoms with Gasteiger partial charge in [-0.3, -0.25) is 4.79 Å². The Labute approximate surface area is 147 Å². The molecule has 24 heavy (non-hydrogen) atoms. The molecular formula is C19H22ClN3O. The monoisotopic (exact) mass is 343 g/mol. The lowest BCUT2D eigenvalue weighted by Gasteiger charge is -2.13. The molecule has 5 heteroatoms. The lowest BCUT2D eigenvalue weighted by Crippen LogP contribution is -2.34. The maximum Gasteiger partial charge on any atom is 0.262 e. The molecule has 126 valence electrons. The van der Waals surface area contributed by atoms with E-state index in [0.29, 0.717) is 10.9 Å². The number of anilines is 1. The van der Waals surface area contributed by atoms with Crippen LogP contribution in [0.4, 0.5) is 5.69 Å². The van der Waals surface area contributed by atoms with Gasteiger partial charge in [0.15, 0.2) is 0 Å². The zero-order valence-corrected chi connectivity index (χ0v) is 14.8. The number of carbonyl (C=O) groups is 1. The Bertz CT molecular complexity index is 694. The van der Waals surface area contributed by atoms with Crippen LogP contribution in [-0.2, 0) is 4.79 Å². The SMILES string of the molecule is CC(C)c1ccc(/C=N\NC(=O)[C@H](C)Nc2ccc(Cl)cc2)cc1. The van der Waals surface area contributed by atoms with Crippen molar-refractivity contribution in [1.29, 1.82) is 0 Å². The van der Waals surface area contributed by atoms with Crippen LogP contribution in [0.3, 0.4) is 0 Å². The summed E-state index contributed by atoms with van der Waals surface area (Å²) in [6, 6.07) is 14.9. The van der Waals surface area contributed by atoms with Gasteiger partial charge in [-0.2, -0.15) is 5.10 Å². The Morgan fingerprint density at radius 2 is 1.67 bits per heavy atom. The Kier molecular flexibility index (Phi) is 6.38. The average molecular weight is 344 g/mol. The Morgan fingerprint density at radius 3 is 2.25 bits per heavy atom. The van der Waals surface area contributed by atoms with Gasteiger partial charge < -0.3 is 5.32 Å². The lowest BCUT2D eigenvalue weighted by atomic mass is 10.0. The van der Waals surface area contributed by atoms with E-state index in [0.717, 1.165) is 11.3 Å². The quantitative estimate of drug-likeness (QED) is 0.602. The molecule has 0 aromatic heterocycles. The van der Waals surface area contributed by atoms with Crippen LogP contribution in [0.5, 0.6) is 0 Å². The fraction of sp³-hybridized carbons (Fsp3) is 0.263. The second kappa shape index (κ2) is 8.50. The fourth-order valence-electron chi connectivity index (χ4n) is 2.10. The number of halogens is 1. The van der Waals surface area contributed by atoms with Gasteiger partial charge in [0.2, 0.25) is 0 Å². The third-order valence-corrected chi connectivity index (χ3v) is 3.86. The van der Waals surface area contributed by atoms with Gasteiger partial charge in [0.05, 0.1) is 6.21 Å². The highest BCUT2D eigenvalue weighted by atomic mass is 35.5. The molecule has 0 saturated heterocycles. The minimum Gasteiger partial charge on any atom is -0.374 e. The van der Waals surface area contributed by atoms with Gasteiger partial charge in [0.25, 0.3) is 5.91 Å². The summed E-state index contributed by atoms with van der Waals surface area (Å²) < 4.78 is 0. The number of rotatable bonds is 6. The van der Waals surface area contributed by atoms with Gasteiger partial charge >= 0.3 is 0 Å². The highest BCUT2D eigenvalue weighted by Crippen LogP contribution is 2.15. The zero-order chi connectivity index (χ0) is 17.5. The minimum atomic E-state index is -0.411. The van der Waals surface area contributed by atoms with Crippen molar-refractivity contribution in [1.82, 2.24) is 5.43 Å². The first-order valence-corrected chi connectivity index (χ1v) is 8.28. The molecule has 0 bridgehead atoms. The molecule has 0 aliphatic heterocycles. The zero-order valence-electron chi connectivity index (χ0n) is 14.1. The van der Waals surface area contributed by atoms with Gasteiger partial charge in [-0.1, -0.05) is 49.7 Å². The average Bonchev–Trinajstić information content (AvgIpc) is 2.57. The molecule has 0 aliphatic carbocycles. The summed E-state index contributed by atoms with van der Waals surface area (Å²) in [7, 11) is 0. The third-order valence-electron chi connectivity index (χ3n) is 3.61. The Hall–Kier alpha value is -2.33. The molecule has 2 aromatic rings. The normalized spacial score (nSPS) is 12.4. The molecule has 0 fully saturated rings. The van der Waals surface area contributed by atoms with Crippen molar-refractivity contribution in [2.75, 3.05) is 5.32 Å². The molecule has 0 unspecified atom stereocenters. The second-order valence-corrected chi connectivity index (χ2v) is 6.36. The molecular weight excluding hydrogens is 322 g/mol. The standard InChI is InChI=1S/C19H22ClN3O/c1-13(2)16-6-4-15(5-7-16)12-21-23-19(24)14(3)22-18-10-8-17(20)9-11-18/h4-14,22H,1-3H3,(H,23,24)/b21-12-/t14-/m0/s1. The van der Waals surface area contributed by atoms with E-state index in [1.807, 2.05) is 24.3 Å². The lowest BCUT2D eigenvalue weighted by molar-refractivity contribution is -0.121. The molecule has 2 aromatic carbocycles. The second-order valence-electron chi connectivity index (χ2n) is 5.93. The topological polar surface area (TPSA) is 53.5 Å². The van der Waals surface area contributed by atoms with Gasteiger partial charge in [-0.05, 0) is 48.2 Å². The molecule has 0 radical (unpaired) electrons. The van der Waals surface area contributed by atoms with Crippen LogP contribution in [-0.4, -0.2) is 18.2 Å². The summed E-state index contributed by atoms with van der Waals surface area (Å²) in [5.74, 6) is 0.287. The first kappa shape index (κ1) is 18.0. The number of hydrogen-bond acceptors (Lipinski definition) is 3. The molecule has 1 amide bonds. The van der Waals surface area contributed by atoms with Gasteiger partial charge in [-0.15, -0.1) is 0 Å². The van der Waals surface area contributed by atoms with Crippen molar-refractivity contribution in [3.05, 3.63) is 64.7 Å². The van der Waals surface area contributed by atoms with Gasteiger partial charge in [0, 0.05) is 10.7 Å². The number of nitrogens with zero attached hydrogens (tertiary/aromatic N) is 1. The van der Waals surface area contributed by atoms with E-state index in [2.05, 4.69) is 41.8 Å². The van der Waals surface area contributed by atoms with Crippen LogP contribution >= 0.6 is 11.6 Å². The van der Waals surface area contributed by atoms with Crippen LogP contribution in [0.1, 0.15) is 37.8 Å². The number of hydrogen-bond donors (Lipinski definition) is 2. The van der Waals surface area contributed by atoms with Crippen molar-refractivity contribution >= 4 is 29.4 Å². The molecule has 0 saturated carbocycles. The van der Waals surface area contributed by atoms with E-state index in [-0.39, 0.29) is 5.91 Å². The van der Waals surface area contributed by atoms with Gasteiger partial charge in [-0.25, -0.2) is 5.43 Å². The highest BCUT2D eigenvalue weighted by Gasteiger charge is 2.11. The van der Waals surface area contributed by atoms with E-state index in [4.69, 9.17) is 11.6 Å². The number of amides is 1. The summed E-state index contributed by atoms with van der Waals surface area (Å²) in [6.07, 6.45) is 1.64. The number of nitrogens with one attached hydrogen (secondary N) is 2. The first-order chi connectivity index (χ1) is 11.5. The molecule has 0 aliphatic rings. The third kappa shape index (κ3) is 5.39. The first-order valence-electron chi connectivity index (χ1n) is 7.90. The highest BCUT2D eigenvalue weighted by molar-refractivity contribution is 6.30. The van der Waals surface area contributed by atoms with Crippen molar-refractivity contribution in [2.45, 2.75) is 32.7 Å². The maximum absolute atomic E-state index is 12.0. The maximum atomic E-state index is 12.0. The van der Waals surface area contributed by atoms with Crippen molar-refractivity contribution in [2.24, 2.45) is 5.10 Å². The van der Waals surface area contributed by atoms with E-state index >= 15 is 0 Å². The summed E-state index contributed by atoms with van der Waals surface area (Å²) in [6.45, 7) is 6.08. The molecule has 2 N–H and O–H groups in total. The smallest absolute Gasteiger partial charge is 0.262 e. The minimum absolute atomic E-state index is 0.208. The van der Waals surface area contributed by atoms with Crippen LogP contribution in [0.25, 0.3) is 0 Å². The van der Waals surface area contributed by atoms with Crippen LogP contribution in [0, 0.1) is 0 Å². The summed E-state index contributed by atoms with van der Waals surface area (Å²) >= 11 is 5.84. The predicted molar refractivity (Wildman–Crippen MR) is 101 cm³/mol. The Morgan fingerprint density at radius 1 is 1.04 bits per heavy atom. The molecule has 0 heterocycles. The Balaban J connectivity index is 1.86. The summed E-state index contributed by atoms with van der Waals surface area (Å²) in [5.41, 5.74) is 5.59. The number of carbonyl (C=O) groups excluding carboxylic acids is 1. The van der Waals surface area contributed by atoms with E-state index < -0.39 is 6.04 Å².